The number of hydrogen-bond donors (Lipinski definition) is 1. The van der Waals surface area contributed by atoms with Crippen LogP contribution in [0.25, 0.3) is 0 Å². The summed E-state index contributed by atoms with van der Waals surface area (Å²) in [6.45, 7) is 5.87. The molecule has 0 spiro atoms. The van der Waals surface area contributed by atoms with Gasteiger partial charge >= 0.3 is 0 Å². The van der Waals surface area contributed by atoms with Gasteiger partial charge in [-0.15, -0.1) is 0 Å². The lowest BCUT2D eigenvalue weighted by atomic mass is 9.84. The molecule has 26 heavy (non-hydrogen) atoms. The SMILES string of the molecule is COc1cc2c(c(O)c1CC=C(C)C)C(=O)CC(C)(c1ccccc1)O2. The number of carbonyl (C=O) groups is 1. The Kier molecular flexibility index (Phi) is 4.77. The molecular formula is C22H24O4. The molecule has 0 amide bonds. The van der Waals surface area contributed by atoms with E-state index in [9.17, 15) is 9.90 Å². The molecule has 1 unspecified atom stereocenters. The monoisotopic (exact) mass is 352 g/mol. The van der Waals surface area contributed by atoms with Crippen molar-refractivity contribution in [2.24, 2.45) is 0 Å². The number of hydrogen-bond acceptors (Lipinski definition) is 4. The van der Waals surface area contributed by atoms with Crippen LogP contribution in [0.3, 0.4) is 0 Å². The molecule has 0 aromatic heterocycles. The fourth-order valence-corrected chi connectivity index (χ4v) is 3.32. The Labute approximate surface area is 154 Å². The van der Waals surface area contributed by atoms with Gasteiger partial charge in [-0.05, 0) is 32.8 Å². The molecule has 0 saturated heterocycles. The molecule has 2 aromatic rings. The van der Waals surface area contributed by atoms with E-state index in [1.807, 2.05) is 57.2 Å². The lowest BCUT2D eigenvalue weighted by Gasteiger charge is -2.36. The second kappa shape index (κ2) is 6.87. The fraction of sp³-hybridized carbons (Fsp3) is 0.318. The smallest absolute Gasteiger partial charge is 0.174 e. The van der Waals surface area contributed by atoms with E-state index in [2.05, 4.69) is 0 Å². The number of methoxy groups -OCH3 is 1. The van der Waals surface area contributed by atoms with Crippen molar-refractivity contribution in [1.82, 2.24) is 0 Å². The number of allylic oxidation sites excluding steroid dienone is 2. The summed E-state index contributed by atoms with van der Waals surface area (Å²) in [5.41, 5.74) is 2.13. The van der Waals surface area contributed by atoms with Crippen LogP contribution in [0.1, 0.15) is 48.7 Å². The summed E-state index contributed by atoms with van der Waals surface area (Å²) in [7, 11) is 1.55. The van der Waals surface area contributed by atoms with Crippen LogP contribution in [0, 0.1) is 0 Å². The molecule has 2 aromatic carbocycles. The second-order valence-electron chi connectivity index (χ2n) is 7.06. The van der Waals surface area contributed by atoms with Gasteiger partial charge in [-0.25, -0.2) is 0 Å². The van der Waals surface area contributed by atoms with E-state index in [0.29, 0.717) is 23.5 Å². The molecule has 1 aliphatic rings. The van der Waals surface area contributed by atoms with Crippen LogP contribution in [0.2, 0.25) is 0 Å². The first-order chi connectivity index (χ1) is 12.4. The van der Waals surface area contributed by atoms with Crippen molar-refractivity contribution < 1.29 is 19.4 Å². The predicted molar refractivity (Wildman–Crippen MR) is 101 cm³/mol. The maximum absolute atomic E-state index is 12.9. The third-order valence-electron chi connectivity index (χ3n) is 4.76. The van der Waals surface area contributed by atoms with Crippen molar-refractivity contribution in [2.75, 3.05) is 7.11 Å². The van der Waals surface area contributed by atoms with Gasteiger partial charge < -0.3 is 14.6 Å². The molecule has 4 heteroatoms. The van der Waals surface area contributed by atoms with Crippen molar-refractivity contribution in [3.05, 3.63) is 64.7 Å². The lowest BCUT2D eigenvalue weighted by molar-refractivity contribution is 0.0495. The van der Waals surface area contributed by atoms with Crippen molar-refractivity contribution in [3.63, 3.8) is 0 Å². The minimum atomic E-state index is -0.774. The van der Waals surface area contributed by atoms with E-state index in [-0.39, 0.29) is 23.5 Å². The molecule has 1 heterocycles. The molecule has 0 radical (unpaired) electrons. The largest absolute Gasteiger partial charge is 0.507 e. The summed E-state index contributed by atoms with van der Waals surface area (Å²) < 4.78 is 11.7. The summed E-state index contributed by atoms with van der Waals surface area (Å²) in [6.07, 6.45) is 2.66. The summed E-state index contributed by atoms with van der Waals surface area (Å²) in [4.78, 5) is 12.9. The molecule has 1 aliphatic heterocycles. The van der Waals surface area contributed by atoms with Gasteiger partial charge in [-0.3, -0.25) is 4.79 Å². The molecule has 1 atom stereocenters. The molecule has 136 valence electrons. The Morgan fingerprint density at radius 3 is 2.62 bits per heavy atom. The van der Waals surface area contributed by atoms with E-state index < -0.39 is 5.60 Å². The van der Waals surface area contributed by atoms with Crippen LogP contribution in [-0.2, 0) is 12.0 Å². The predicted octanol–water partition coefficient (Wildman–Crippen LogP) is 4.79. The zero-order valence-electron chi connectivity index (χ0n) is 15.6. The number of rotatable bonds is 4. The van der Waals surface area contributed by atoms with Gasteiger partial charge in [0.05, 0.1) is 13.5 Å². The standard InChI is InChI=1S/C22H24O4/c1-14(2)10-11-16-18(25-4)12-19-20(21(16)24)17(23)13-22(3,26-19)15-8-6-5-7-9-15/h5-10,12,24H,11,13H2,1-4H3. The Bertz CT molecular complexity index is 863. The van der Waals surface area contributed by atoms with Crippen molar-refractivity contribution in [1.29, 1.82) is 0 Å². The van der Waals surface area contributed by atoms with Crippen LogP contribution < -0.4 is 9.47 Å². The zero-order chi connectivity index (χ0) is 18.9. The minimum Gasteiger partial charge on any atom is -0.507 e. The van der Waals surface area contributed by atoms with E-state index in [4.69, 9.17) is 9.47 Å². The molecule has 4 nitrogen and oxygen atoms in total. The number of fused-ring (bicyclic) bond motifs is 1. The highest BCUT2D eigenvalue weighted by atomic mass is 16.5. The van der Waals surface area contributed by atoms with Crippen molar-refractivity contribution >= 4 is 5.78 Å². The molecule has 0 bridgehead atoms. The average molecular weight is 352 g/mol. The van der Waals surface area contributed by atoms with Crippen molar-refractivity contribution in [3.8, 4) is 17.2 Å². The first-order valence-corrected chi connectivity index (χ1v) is 8.69. The first-order valence-electron chi connectivity index (χ1n) is 8.69. The van der Waals surface area contributed by atoms with Crippen LogP contribution in [0.15, 0.2) is 48.0 Å². The number of aromatic hydroxyl groups is 1. The van der Waals surface area contributed by atoms with Gasteiger partial charge in [-0.2, -0.15) is 0 Å². The maximum Gasteiger partial charge on any atom is 0.174 e. The van der Waals surface area contributed by atoms with Gasteiger partial charge in [0.25, 0.3) is 0 Å². The van der Waals surface area contributed by atoms with Gasteiger partial charge in [0, 0.05) is 11.6 Å². The lowest BCUT2D eigenvalue weighted by Crippen LogP contribution is -2.36. The number of Topliss-reactive ketones (excluding diaryl/α,β-unsaturated/α-hetero) is 1. The second-order valence-corrected chi connectivity index (χ2v) is 7.06. The van der Waals surface area contributed by atoms with Gasteiger partial charge in [-0.1, -0.05) is 42.0 Å². The fourth-order valence-electron chi connectivity index (χ4n) is 3.32. The highest BCUT2D eigenvalue weighted by Gasteiger charge is 2.40. The Hall–Kier alpha value is -2.75. The zero-order valence-corrected chi connectivity index (χ0v) is 15.6. The molecule has 1 N–H and O–H groups in total. The maximum atomic E-state index is 12.9. The van der Waals surface area contributed by atoms with Gasteiger partial charge in [0.2, 0.25) is 0 Å². The Morgan fingerprint density at radius 2 is 2.00 bits per heavy atom. The third kappa shape index (κ3) is 3.19. The number of benzene rings is 2. The highest BCUT2D eigenvalue weighted by Crippen LogP contribution is 2.47. The summed E-state index contributed by atoms with van der Waals surface area (Å²) in [6, 6.07) is 11.4. The topological polar surface area (TPSA) is 55.8 Å². The minimum absolute atomic E-state index is 0.0445. The summed E-state index contributed by atoms with van der Waals surface area (Å²) in [5, 5.41) is 10.8. The average Bonchev–Trinajstić information content (AvgIpc) is 2.60. The molecular weight excluding hydrogens is 328 g/mol. The number of phenols is 1. The number of carbonyl (C=O) groups excluding carboxylic acids is 1. The Morgan fingerprint density at radius 1 is 1.31 bits per heavy atom. The normalized spacial score (nSPS) is 18.7. The molecule has 0 saturated carbocycles. The van der Waals surface area contributed by atoms with Crippen LogP contribution in [0.4, 0.5) is 0 Å². The van der Waals surface area contributed by atoms with Crippen LogP contribution >= 0.6 is 0 Å². The first kappa shape index (κ1) is 18.1. The number of ether oxygens (including phenoxy) is 2. The summed E-state index contributed by atoms with van der Waals surface area (Å²) >= 11 is 0. The molecule has 0 fully saturated rings. The van der Waals surface area contributed by atoms with E-state index in [1.165, 1.54) is 0 Å². The van der Waals surface area contributed by atoms with E-state index in [1.54, 1.807) is 13.2 Å². The van der Waals surface area contributed by atoms with E-state index in [0.717, 1.165) is 11.1 Å². The quantitative estimate of drug-likeness (QED) is 0.804. The summed E-state index contributed by atoms with van der Waals surface area (Å²) in [5.74, 6) is 0.708. The highest BCUT2D eigenvalue weighted by molar-refractivity contribution is 6.03. The van der Waals surface area contributed by atoms with Gasteiger partial charge in [0.1, 0.15) is 28.4 Å². The third-order valence-corrected chi connectivity index (χ3v) is 4.76. The van der Waals surface area contributed by atoms with E-state index >= 15 is 0 Å². The van der Waals surface area contributed by atoms with Crippen molar-refractivity contribution in [2.45, 2.75) is 39.2 Å². The van der Waals surface area contributed by atoms with Crippen LogP contribution in [-0.4, -0.2) is 18.0 Å². The number of phenolic OH excluding ortho intramolecular Hbond substituents is 1. The Balaban J connectivity index is 2.10. The van der Waals surface area contributed by atoms with Crippen LogP contribution in [0.5, 0.6) is 17.2 Å². The number of ketones is 1. The van der Waals surface area contributed by atoms with Gasteiger partial charge in [0.15, 0.2) is 5.78 Å². The molecule has 3 rings (SSSR count). The molecule has 0 aliphatic carbocycles.